The lowest BCUT2D eigenvalue weighted by molar-refractivity contribution is -0.384. The number of halogens is 3. The normalized spacial score (nSPS) is 11.0. The molecular weight excluding hydrogens is 341 g/mol. The van der Waals surface area contributed by atoms with Crippen LogP contribution >= 0.6 is 0 Å². The van der Waals surface area contributed by atoms with Crippen LogP contribution in [0.25, 0.3) is 0 Å². The van der Waals surface area contributed by atoms with Crippen molar-refractivity contribution in [1.82, 2.24) is 5.32 Å². The van der Waals surface area contributed by atoms with Crippen molar-refractivity contribution in [2.24, 2.45) is 0 Å². The second-order valence-corrected chi connectivity index (χ2v) is 5.01. The number of nitro groups is 1. The van der Waals surface area contributed by atoms with Crippen LogP contribution in [0, 0.1) is 10.1 Å². The quantitative estimate of drug-likeness (QED) is 0.637. The Bertz CT molecular complexity index is 761. The Morgan fingerprint density at radius 2 is 1.84 bits per heavy atom. The zero-order valence-electron chi connectivity index (χ0n) is 12.7. The molecule has 0 aromatic heterocycles. The first kappa shape index (κ1) is 18.2. The largest absolute Gasteiger partial charge is 0.484 e. The fraction of sp³-hybridized carbons (Fsp3) is 0.188. The Kier molecular flexibility index (Phi) is 5.58. The van der Waals surface area contributed by atoms with Crippen LogP contribution in [0.4, 0.5) is 18.9 Å². The summed E-state index contributed by atoms with van der Waals surface area (Å²) in [7, 11) is 0. The summed E-state index contributed by atoms with van der Waals surface area (Å²) < 4.78 is 43.0. The molecule has 0 heterocycles. The van der Waals surface area contributed by atoms with Crippen molar-refractivity contribution in [3.8, 4) is 5.75 Å². The SMILES string of the molecule is O=C(COc1ccc([N+](=O)[O-])cc1)NCc1cccc(C(F)(F)F)c1. The highest BCUT2D eigenvalue weighted by atomic mass is 19.4. The highest BCUT2D eigenvalue weighted by Crippen LogP contribution is 2.29. The number of rotatable bonds is 6. The number of carbonyl (C=O) groups is 1. The van der Waals surface area contributed by atoms with Gasteiger partial charge in [0, 0.05) is 18.7 Å². The zero-order chi connectivity index (χ0) is 18.4. The van der Waals surface area contributed by atoms with E-state index in [0.717, 1.165) is 12.1 Å². The van der Waals surface area contributed by atoms with Crippen molar-refractivity contribution in [3.63, 3.8) is 0 Å². The van der Waals surface area contributed by atoms with E-state index >= 15 is 0 Å². The Balaban J connectivity index is 1.84. The van der Waals surface area contributed by atoms with Gasteiger partial charge in [0.15, 0.2) is 6.61 Å². The maximum absolute atomic E-state index is 12.6. The zero-order valence-corrected chi connectivity index (χ0v) is 12.7. The van der Waals surface area contributed by atoms with Gasteiger partial charge in [-0.25, -0.2) is 0 Å². The third kappa shape index (κ3) is 5.48. The molecule has 0 spiro atoms. The maximum atomic E-state index is 12.6. The molecule has 6 nitrogen and oxygen atoms in total. The molecule has 0 atom stereocenters. The number of hydrogen-bond acceptors (Lipinski definition) is 4. The predicted octanol–water partition coefficient (Wildman–Crippen LogP) is 3.31. The fourth-order valence-electron chi connectivity index (χ4n) is 1.92. The van der Waals surface area contributed by atoms with Crippen molar-refractivity contribution in [2.45, 2.75) is 12.7 Å². The molecule has 0 aliphatic rings. The second-order valence-electron chi connectivity index (χ2n) is 5.01. The number of amides is 1. The van der Waals surface area contributed by atoms with E-state index in [0.29, 0.717) is 5.56 Å². The Morgan fingerprint density at radius 1 is 1.16 bits per heavy atom. The summed E-state index contributed by atoms with van der Waals surface area (Å²) in [6, 6.07) is 9.78. The number of benzene rings is 2. The standard InChI is InChI=1S/C16H13F3N2O4/c17-16(18,19)12-3-1-2-11(8-12)9-20-15(22)10-25-14-6-4-13(5-7-14)21(23)24/h1-8H,9-10H2,(H,20,22). The molecule has 0 saturated carbocycles. The van der Waals surface area contributed by atoms with E-state index in [9.17, 15) is 28.1 Å². The second kappa shape index (κ2) is 7.65. The first-order chi connectivity index (χ1) is 11.8. The molecule has 0 fully saturated rings. The molecule has 1 N–H and O–H groups in total. The first-order valence-corrected chi connectivity index (χ1v) is 7.06. The van der Waals surface area contributed by atoms with Crippen molar-refractivity contribution >= 4 is 11.6 Å². The Labute approximate surface area is 140 Å². The van der Waals surface area contributed by atoms with Crippen molar-refractivity contribution in [1.29, 1.82) is 0 Å². The first-order valence-electron chi connectivity index (χ1n) is 7.06. The van der Waals surface area contributed by atoms with Crippen LogP contribution in [-0.2, 0) is 17.5 Å². The van der Waals surface area contributed by atoms with Gasteiger partial charge >= 0.3 is 6.18 Å². The molecule has 0 radical (unpaired) electrons. The van der Waals surface area contributed by atoms with Crippen LogP contribution in [0.2, 0.25) is 0 Å². The van der Waals surface area contributed by atoms with E-state index in [1.807, 2.05) is 0 Å². The van der Waals surface area contributed by atoms with Gasteiger partial charge < -0.3 is 10.1 Å². The summed E-state index contributed by atoms with van der Waals surface area (Å²) in [6.07, 6.45) is -4.45. The topological polar surface area (TPSA) is 81.5 Å². The number of alkyl halides is 3. The fourth-order valence-corrected chi connectivity index (χ4v) is 1.92. The van der Waals surface area contributed by atoms with Crippen molar-refractivity contribution in [2.75, 3.05) is 6.61 Å². The molecule has 132 valence electrons. The number of nitrogens with zero attached hydrogens (tertiary/aromatic N) is 1. The lowest BCUT2D eigenvalue weighted by atomic mass is 10.1. The summed E-state index contributed by atoms with van der Waals surface area (Å²) in [5.74, 6) is -0.268. The van der Waals surface area contributed by atoms with Gasteiger partial charge in [0.2, 0.25) is 0 Å². The Hall–Kier alpha value is -3.10. The average molecular weight is 354 g/mol. The minimum absolute atomic E-state index is 0.0770. The van der Waals surface area contributed by atoms with E-state index in [1.165, 1.54) is 36.4 Å². The maximum Gasteiger partial charge on any atom is 0.416 e. The van der Waals surface area contributed by atoms with Crippen LogP contribution < -0.4 is 10.1 Å². The number of nitro benzene ring substituents is 1. The lowest BCUT2D eigenvalue weighted by Crippen LogP contribution is -2.28. The number of nitrogens with one attached hydrogen (secondary N) is 1. The minimum atomic E-state index is -4.45. The van der Waals surface area contributed by atoms with Gasteiger partial charge in [0.1, 0.15) is 5.75 Å². The van der Waals surface area contributed by atoms with Gasteiger partial charge in [-0.3, -0.25) is 14.9 Å². The lowest BCUT2D eigenvalue weighted by Gasteiger charge is -2.10. The summed E-state index contributed by atoms with van der Waals surface area (Å²) >= 11 is 0. The summed E-state index contributed by atoms with van der Waals surface area (Å²) in [5.41, 5.74) is -0.596. The van der Waals surface area contributed by atoms with Crippen LogP contribution in [0.15, 0.2) is 48.5 Å². The highest BCUT2D eigenvalue weighted by molar-refractivity contribution is 5.77. The van der Waals surface area contributed by atoms with Gasteiger partial charge in [-0.05, 0) is 29.8 Å². The van der Waals surface area contributed by atoms with Crippen molar-refractivity contribution in [3.05, 3.63) is 69.8 Å². The number of non-ortho nitro benzene ring substituents is 1. The monoisotopic (exact) mass is 354 g/mol. The number of hydrogen-bond donors (Lipinski definition) is 1. The van der Waals surface area contributed by atoms with Gasteiger partial charge in [-0.15, -0.1) is 0 Å². The molecule has 0 aliphatic heterocycles. The molecule has 2 aromatic carbocycles. The molecule has 0 saturated heterocycles. The molecule has 9 heteroatoms. The van der Waals surface area contributed by atoms with E-state index in [-0.39, 0.29) is 24.6 Å². The van der Waals surface area contributed by atoms with Gasteiger partial charge in [0.25, 0.3) is 11.6 Å². The minimum Gasteiger partial charge on any atom is -0.484 e. The number of ether oxygens (including phenoxy) is 1. The molecule has 25 heavy (non-hydrogen) atoms. The number of carbonyl (C=O) groups excluding carboxylic acids is 1. The van der Waals surface area contributed by atoms with Crippen LogP contribution in [-0.4, -0.2) is 17.4 Å². The third-order valence-electron chi connectivity index (χ3n) is 3.16. The third-order valence-corrected chi connectivity index (χ3v) is 3.16. The highest BCUT2D eigenvalue weighted by Gasteiger charge is 2.30. The summed E-state index contributed by atoms with van der Waals surface area (Å²) in [6.45, 7) is -0.441. The van der Waals surface area contributed by atoms with Crippen LogP contribution in [0.5, 0.6) is 5.75 Å². The van der Waals surface area contributed by atoms with Gasteiger partial charge in [0.05, 0.1) is 10.5 Å². The average Bonchev–Trinajstić information content (AvgIpc) is 2.58. The van der Waals surface area contributed by atoms with Gasteiger partial charge in [-0.1, -0.05) is 12.1 Å². The molecule has 0 bridgehead atoms. The van der Waals surface area contributed by atoms with E-state index in [2.05, 4.69) is 5.32 Å². The van der Waals surface area contributed by atoms with Gasteiger partial charge in [-0.2, -0.15) is 13.2 Å². The smallest absolute Gasteiger partial charge is 0.416 e. The molecule has 1 amide bonds. The van der Waals surface area contributed by atoms with E-state index in [1.54, 1.807) is 0 Å². The van der Waals surface area contributed by atoms with E-state index < -0.39 is 22.6 Å². The molecule has 0 unspecified atom stereocenters. The predicted molar refractivity (Wildman–Crippen MR) is 81.9 cm³/mol. The van der Waals surface area contributed by atoms with Crippen LogP contribution in [0.3, 0.4) is 0 Å². The van der Waals surface area contributed by atoms with Crippen molar-refractivity contribution < 1.29 is 27.6 Å². The summed E-state index contributed by atoms with van der Waals surface area (Å²) in [5, 5.41) is 13.0. The Morgan fingerprint density at radius 3 is 2.44 bits per heavy atom. The summed E-state index contributed by atoms with van der Waals surface area (Å²) in [4.78, 5) is 21.6. The molecular formula is C16H13F3N2O4. The molecule has 2 rings (SSSR count). The molecule has 2 aromatic rings. The van der Waals surface area contributed by atoms with E-state index in [4.69, 9.17) is 4.74 Å². The van der Waals surface area contributed by atoms with Crippen LogP contribution in [0.1, 0.15) is 11.1 Å². The molecule has 0 aliphatic carbocycles.